The van der Waals surface area contributed by atoms with Gasteiger partial charge in [-0.25, -0.2) is 19.3 Å². The monoisotopic (exact) mass is 421 g/mol. The molecule has 3 aromatic heterocycles. The Labute approximate surface area is 176 Å². The van der Waals surface area contributed by atoms with E-state index in [4.69, 9.17) is 4.52 Å². The number of ketones is 1. The van der Waals surface area contributed by atoms with Crippen molar-refractivity contribution in [2.45, 2.75) is 25.3 Å². The van der Waals surface area contributed by atoms with Crippen LogP contribution in [-0.4, -0.2) is 36.3 Å². The van der Waals surface area contributed by atoms with Crippen molar-refractivity contribution < 1.29 is 9.32 Å². The van der Waals surface area contributed by atoms with Gasteiger partial charge in [-0.15, -0.1) is 11.8 Å². The first-order valence-corrected chi connectivity index (χ1v) is 10.4. The van der Waals surface area contributed by atoms with E-state index in [1.54, 1.807) is 17.8 Å². The van der Waals surface area contributed by atoms with Gasteiger partial charge in [0.2, 0.25) is 5.82 Å². The second kappa shape index (κ2) is 8.11. The molecule has 0 aliphatic heterocycles. The summed E-state index contributed by atoms with van der Waals surface area (Å²) in [6.07, 6.45) is 5.09. The predicted octanol–water partition coefficient (Wildman–Crippen LogP) is 3.31. The van der Waals surface area contributed by atoms with Crippen LogP contribution in [0.1, 0.15) is 21.7 Å². The van der Waals surface area contributed by atoms with Gasteiger partial charge in [-0.1, -0.05) is 11.2 Å². The second-order valence-corrected chi connectivity index (χ2v) is 7.56. The first-order chi connectivity index (χ1) is 14.5. The molecule has 9 heteroatoms. The summed E-state index contributed by atoms with van der Waals surface area (Å²) in [5.74, 6) is -0.615. The number of carbonyl (C=O) groups is 1. The normalized spacial score (nSPS) is 11.0. The first-order valence-electron chi connectivity index (χ1n) is 9.20. The lowest BCUT2D eigenvalue weighted by Crippen LogP contribution is -2.22. The van der Waals surface area contributed by atoms with Crippen LogP contribution in [0.2, 0.25) is 0 Å². The lowest BCUT2D eigenvalue weighted by atomic mass is 10.1. The molecule has 0 spiro atoms. The lowest BCUT2D eigenvalue weighted by Gasteiger charge is -2.11. The summed E-state index contributed by atoms with van der Waals surface area (Å²) in [5, 5.41) is 3.74. The van der Waals surface area contributed by atoms with Crippen molar-refractivity contribution in [2.24, 2.45) is 0 Å². The number of hydrogen-bond acceptors (Lipinski definition) is 7. The predicted molar refractivity (Wildman–Crippen MR) is 113 cm³/mol. The molecule has 30 heavy (non-hydrogen) atoms. The Kier molecular flexibility index (Phi) is 5.37. The molecule has 8 nitrogen and oxygen atoms in total. The van der Waals surface area contributed by atoms with Gasteiger partial charge in [0.1, 0.15) is 0 Å². The molecule has 152 valence electrons. The Balaban J connectivity index is 1.70. The number of thioether (sulfide) groups is 1. The van der Waals surface area contributed by atoms with Gasteiger partial charge in [-0.2, -0.15) is 0 Å². The molecule has 0 saturated heterocycles. The molecule has 0 fully saturated rings. The first kappa shape index (κ1) is 19.8. The average molecular weight is 421 g/mol. The third kappa shape index (κ3) is 3.59. The molecule has 0 unspecified atom stereocenters. The fourth-order valence-corrected chi connectivity index (χ4v) is 3.86. The molecule has 0 N–H and O–H groups in total. The number of Topliss-reactive ketones (excluding diaryl/α,β-unsaturated/α-hetero) is 1. The minimum atomic E-state index is -0.729. The highest BCUT2D eigenvalue weighted by Crippen LogP contribution is 2.25. The Morgan fingerprint density at radius 2 is 1.90 bits per heavy atom. The van der Waals surface area contributed by atoms with E-state index >= 15 is 0 Å². The van der Waals surface area contributed by atoms with E-state index < -0.39 is 5.76 Å². The molecular formula is C21H19N5O3S. The van der Waals surface area contributed by atoms with Gasteiger partial charge < -0.3 is 4.57 Å². The zero-order valence-electron chi connectivity index (χ0n) is 16.7. The van der Waals surface area contributed by atoms with Crippen molar-refractivity contribution in [3.05, 3.63) is 76.3 Å². The largest absolute Gasteiger partial charge is 0.442 e. The average Bonchev–Trinajstić information content (AvgIpc) is 3.27. The molecule has 0 atom stereocenters. The summed E-state index contributed by atoms with van der Waals surface area (Å²) in [6.45, 7) is 3.62. The Hall–Kier alpha value is -3.46. The van der Waals surface area contributed by atoms with Crippen LogP contribution < -0.4 is 5.76 Å². The number of benzene rings is 1. The molecule has 3 heterocycles. The van der Waals surface area contributed by atoms with E-state index in [9.17, 15) is 9.59 Å². The molecule has 0 bridgehead atoms. The second-order valence-electron chi connectivity index (χ2n) is 6.68. The van der Waals surface area contributed by atoms with Gasteiger partial charge in [0.25, 0.3) is 0 Å². The summed E-state index contributed by atoms with van der Waals surface area (Å²) in [5.41, 5.74) is 3.25. The smallest absolute Gasteiger partial charge is 0.318 e. The maximum absolute atomic E-state index is 13.1. The van der Waals surface area contributed by atoms with Crippen LogP contribution in [-0.2, 0) is 6.54 Å². The van der Waals surface area contributed by atoms with Gasteiger partial charge in [0.15, 0.2) is 11.6 Å². The van der Waals surface area contributed by atoms with Crippen LogP contribution in [0.25, 0.3) is 17.3 Å². The highest BCUT2D eigenvalue weighted by Gasteiger charge is 2.22. The zero-order chi connectivity index (χ0) is 21.3. The Morgan fingerprint density at radius 3 is 2.63 bits per heavy atom. The third-order valence-electron chi connectivity index (χ3n) is 4.80. The summed E-state index contributed by atoms with van der Waals surface area (Å²) < 4.78 is 7.94. The Bertz CT molecular complexity index is 1270. The van der Waals surface area contributed by atoms with E-state index in [0.717, 1.165) is 26.5 Å². The van der Waals surface area contributed by atoms with Crippen LogP contribution >= 0.6 is 11.8 Å². The topological polar surface area (TPSA) is 95.8 Å². The maximum atomic E-state index is 13.1. The van der Waals surface area contributed by atoms with E-state index in [0.29, 0.717) is 5.56 Å². The van der Waals surface area contributed by atoms with Crippen LogP contribution in [0.3, 0.4) is 0 Å². The van der Waals surface area contributed by atoms with E-state index in [2.05, 4.69) is 21.2 Å². The van der Waals surface area contributed by atoms with Crippen molar-refractivity contribution in [3.63, 3.8) is 0 Å². The molecule has 0 amide bonds. The van der Waals surface area contributed by atoms with E-state index in [-0.39, 0.29) is 24.0 Å². The van der Waals surface area contributed by atoms with Crippen molar-refractivity contribution >= 4 is 17.5 Å². The molecule has 1 aromatic carbocycles. The highest BCUT2D eigenvalue weighted by molar-refractivity contribution is 7.98. The molecular weight excluding hydrogens is 402 g/mol. The van der Waals surface area contributed by atoms with Crippen molar-refractivity contribution in [2.75, 3.05) is 6.26 Å². The Morgan fingerprint density at radius 1 is 1.13 bits per heavy atom. The molecule has 4 rings (SSSR count). The van der Waals surface area contributed by atoms with E-state index in [1.807, 2.05) is 48.9 Å². The number of aromatic nitrogens is 5. The lowest BCUT2D eigenvalue weighted by molar-refractivity contribution is 0.0969. The number of nitrogens with zero attached hydrogens (tertiary/aromatic N) is 5. The molecule has 0 aliphatic carbocycles. The van der Waals surface area contributed by atoms with Crippen LogP contribution in [0.4, 0.5) is 0 Å². The van der Waals surface area contributed by atoms with Crippen molar-refractivity contribution in [1.82, 2.24) is 24.3 Å². The minimum absolute atomic E-state index is 0.121. The summed E-state index contributed by atoms with van der Waals surface area (Å²) in [4.78, 5) is 34.6. The van der Waals surface area contributed by atoms with Crippen LogP contribution in [0.15, 0.2) is 63.0 Å². The number of aryl methyl sites for hydroxylation is 1. The quantitative estimate of drug-likeness (QED) is 0.348. The fraction of sp³-hybridized carbons (Fsp3) is 0.190. The van der Waals surface area contributed by atoms with Gasteiger partial charge in [0, 0.05) is 39.9 Å². The van der Waals surface area contributed by atoms with Gasteiger partial charge >= 0.3 is 5.76 Å². The van der Waals surface area contributed by atoms with Gasteiger partial charge in [0.05, 0.1) is 6.54 Å². The van der Waals surface area contributed by atoms with Crippen molar-refractivity contribution in [1.29, 1.82) is 0 Å². The van der Waals surface area contributed by atoms with Crippen LogP contribution in [0, 0.1) is 13.8 Å². The minimum Gasteiger partial charge on any atom is -0.318 e. The number of rotatable bonds is 6. The fourth-order valence-electron chi connectivity index (χ4n) is 3.40. The number of hydrogen-bond donors (Lipinski definition) is 0. The highest BCUT2D eigenvalue weighted by atomic mass is 32.2. The zero-order valence-corrected chi connectivity index (χ0v) is 17.5. The molecule has 0 saturated carbocycles. The number of carbonyl (C=O) groups excluding carboxylic acids is 1. The van der Waals surface area contributed by atoms with E-state index in [1.165, 1.54) is 12.4 Å². The third-order valence-corrected chi connectivity index (χ3v) is 5.52. The standard InChI is InChI=1S/C21H19N5O3S/c1-13-10-17(14(2)26(13)15-6-4-7-16(11-15)30-3)18(27)12-25-20(24-29-21(25)28)19-22-8-5-9-23-19/h4-11H,12H2,1-3H3. The molecule has 0 radical (unpaired) electrons. The van der Waals surface area contributed by atoms with Gasteiger partial charge in [-0.05, 0) is 50.4 Å². The maximum Gasteiger partial charge on any atom is 0.442 e. The molecule has 4 aromatic rings. The molecule has 0 aliphatic rings. The summed E-state index contributed by atoms with van der Waals surface area (Å²) >= 11 is 1.66. The SMILES string of the molecule is CSc1cccc(-n2c(C)cc(C(=O)Cn3c(-c4ncccn4)noc3=O)c2C)c1. The summed E-state index contributed by atoms with van der Waals surface area (Å²) in [7, 11) is 0. The summed E-state index contributed by atoms with van der Waals surface area (Å²) in [6, 6.07) is 11.6. The van der Waals surface area contributed by atoms with Crippen molar-refractivity contribution in [3.8, 4) is 17.3 Å². The van der Waals surface area contributed by atoms with Gasteiger partial charge in [-0.3, -0.25) is 9.32 Å². The van der Waals surface area contributed by atoms with Crippen LogP contribution in [0.5, 0.6) is 0 Å².